The third-order valence-corrected chi connectivity index (χ3v) is 1.87. The van der Waals surface area contributed by atoms with Gasteiger partial charge < -0.3 is 4.74 Å². The van der Waals surface area contributed by atoms with Crippen molar-refractivity contribution < 1.29 is 4.74 Å². The fourth-order valence-corrected chi connectivity index (χ4v) is 1.23. The van der Waals surface area contributed by atoms with Crippen LogP contribution in [0.4, 0.5) is 0 Å². The first kappa shape index (κ1) is 7.17. The number of ether oxygens (including phenoxy) is 1. The van der Waals surface area contributed by atoms with E-state index in [0.29, 0.717) is 0 Å². The molecule has 0 N–H and O–H groups in total. The Morgan fingerprint density at radius 1 is 1.25 bits per heavy atom. The summed E-state index contributed by atoms with van der Waals surface area (Å²) in [6.07, 6.45) is 0. The highest BCUT2D eigenvalue weighted by molar-refractivity contribution is 5.83. The van der Waals surface area contributed by atoms with Gasteiger partial charge in [-0.05, 0) is 29.0 Å². The summed E-state index contributed by atoms with van der Waals surface area (Å²) < 4.78 is 5.11. The van der Waals surface area contributed by atoms with Gasteiger partial charge in [0.1, 0.15) is 5.75 Å². The predicted molar refractivity (Wildman–Crippen MR) is 49.3 cm³/mol. The molecule has 0 aliphatic rings. The third-order valence-electron chi connectivity index (χ3n) is 1.87. The van der Waals surface area contributed by atoms with E-state index in [2.05, 4.69) is 6.07 Å². The lowest BCUT2D eigenvalue weighted by atomic mass is 10.1. The molecular formula is C11H9O. The predicted octanol–water partition coefficient (Wildman–Crippen LogP) is 2.65. The van der Waals surface area contributed by atoms with Crippen molar-refractivity contribution in [2.45, 2.75) is 0 Å². The maximum Gasteiger partial charge on any atom is 0.119 e. The van der Waals surface area contributed by atoms with Gasteiger partial charge in [0.2, 0.25) is 0 Å². The van der Waals surface area contributed by atoms with Crippen molar-refractivity contribution in [3.8, 4) is 5.75 Å². The van der Waals surface area contributed by atoms with Crippen molar-refractivity contribution in [1.82, 2.24) is 0 Å². The highest BCUT2D eigenvalue weighted by Gasteiger charge is 1.93. The quantitative estimate of drug-likeness (QED) is 0.618. The molecule has 2 aromatic rings. The molecule has 2 rings (SSSR count). The molecular weight excluding hydrogens is 148 g/mol. The lowest BCUT2D eigenvalue weighted by Gasteiger charge is -2.00. The molecule has 0 unspecified atom stereocenters. The van der Waals surface area contributed by atoms with Gasteiger partial charge in [0.05, 0.1) is 7.11 Å². The summed E-state index contributed by atoms with van der Waals surface area (Å²) in [5.74, 6) is 0.891. The topological polar surface area (TPSA) is 9.23 Å². The minimum Gasteiger partial charge on any atom is -0.497 e. The van der Waals surface area contributed by atoms with E-state index in [0.717, 1.165) is 16.5 Å². The molecule has 0 fully saturated rings. The second-order valence-electron chi connectivity index (χ2n) is 2.62. The fourth-order valence-electron chi connectivity index (χ4n) is 1.23. The molecule has 0 aliphatic carbocycles. The minimum atomic E-state index is 0.891. The second-order valence-corrected chi connectivity index (χ2v) is 2.62. The third kappa shape index (κ3) is 1.14. The molecule has 0 amide bonds. The molecule has 0 saturated heterocycles. The van der Waals surface area contributed by atoms with Crippen molar-refractivity contribution in [2.24, 2.45) is 0 Å². The van der Waals surface area contributed by atoms with E-state index < -0.39 is 0 Å². The fraction of sp³-hybridized carbons (Fsp3) is 0.0909. The largest absolute Gasteiger partial charge is 0.497 e. The second kappa shape index (κ2) is 2.86. The van der Waals surface area contributed by atoms with Gasteiger partial charge in [0.15, 0.2) is 0 Å². The maximum atomic E-state index is 5.11. The van der Waals surface area contributed by atoms with E-state index in [1.165, 1.54) is 0 Å². The van der Waals surface area contributed by atoms with Crippen molar-refractivity contribution in [3.63, 3.8) is 0 Å². The Morgan fingerprint density at radius 2 is 2.17 bits per heavy atom. The summed E-state index contributed by atoms with van der Waals surface area (Å²) in [4.78, 5) is 0. The van der Waals surface area contributed by atoms with Crippen molar-refractivity contribution in [1.29, 1.82) is 0 Å². The van der Waals surface area contributed by atoms with Crippen LogP contribution in [0.3, 0.4) is 0 Å². The van der Waals surface area contributed by atoms with Crippen LogP contribution in [0.2, 0.25) is 0 Å². The number of fused-ring (bicyclic) bond motifs is 1. The number of hydrogen-bond acceptors (Lipinski definition) is 1. The van der Waals surface area contributed by atoms with Gasteiger partial charge in [-0.2, -0.15) is 0 Å². The van der Waals surface area contributed by atoms with Crippen LogP contribution in [0, 0.1) is 6.07 Å². The lowest BCUT2D eigenvalue weighted by molar-refractivity contribution is 0.415. The van der Waals surface area contributed by atoms with Crippen LogP contribution in [-0.2, 0) is 0 Å². The molecule has 0 saturated carbocycles. The molecule has 0 bridgehead atoms. The van der Waals surface area contributed by atoms with E-state index >= 15 is 0 Å². The van der Waals surface area contributed by atoms with Gasteiger partial charge in [-0.25, -0.2) is 0 Å². The Labute approximate surface area is 71.6 Å². The zero-order valence-electron chi connectivity index (χ0n) is 6.87. The Hall–Kier alpha value is -1.50. The number of methoxy groups -OCH3 is 1. The summed E-state index contributed by atoms with van der Waals surface area (Å²) in [6.45, 7) is 0. The van der Waals surface area contributed by atoms with E-state index in [1.807, 2.05) is 36.4 Å². The average molecular weight is 157 g/mol. The molecule has 1 heteroatoms. The smallest absolute Gasteiger partial charge is 0.119 e. The first-order valence-corrected chi connectivity index (χ1v) is 3.84. The van der Waals surface area contributed by atoms with Crippen LogP contribution >= 0.6 is 0 Å². The molecule has 1 radical (unpaired) electrons. The van der Waals surface area contributed by atoms with Gasteiger partial charge in [-0.1, -0.05) is 24.3 Å². The summed E-state index contributed by atoms with van der Waals surface area (Å²) in [6, 6.07) is 15.0. The molecule has 0 aliphatic heterocycles. The molecule has 0 heterocycles. The van der Waals surface area contributed by atoms with Crippen molar-refractivity contribution in [2.75, 3.05) is 7.11 Å². The zero-order chi connectivity index (χ0) is 8.39. The van der Waals surface area contributed by atoms with Gasteiger partial charge in [-0.15, -0.1) is 0 Å². The highest BCUT2D eigenvalue weighted by Crippen LogP contribution is 2.19. The molecule has 1 nitrogen and oxygen atoms in total. The number of hydrogen-bond donors (Lipinski definition) is 0. The Balaban J connectivity index is 2.67. The zero-order valence-corrected chi connectivity index (χ0v) is 6.87. The molecule has 59 valence electrons. The SMILES string of the molecule is COc1ccc2[c]cccc2c1. The van der Waals surface area contributed by atoms with Crippen molar-refractivity contribution >= 4 is 10.8 Å². The number of benzene rings is 2. The Bertz CT molecular complexity index is 393. The summed E-state index contributed by atoms with van der Waals surface area (Å²) in [5, 5.41) is 2.29. The Morgan fingerprint density at radius 3 is 3.00 bits per heavy atom. The van der Waals surface area contributed by atoms with Gasteiger partial charge in [0.25, 0.3) is 0 Å². The van der Waals surface area contributed by atoms with E-state index in [-0.39, 0.29) is 0 Å². The maximum absolute atomic E-state index is 5.11. The van der Waals surface area contributed by atoms with Gasteiger partial charge >= 0.3 is 0 Å². The Kier molecular flexibility index (Phi) is 1.71. The van der Waals surface area contributed by atoms with Crippen LogP contribution < -0.4 is 4.74 Å². The van der Waals surface area contributed by atoms with E-state index in [1.54, 1.807) is 7.11 Å². The highest BCUT2D eigenvalue weighted by atomic mass is 16.5. The first-order chi connectivity index (χ1) is 5.90. The van der Waals surface area contributed by atoms with E-state index in [4.69, 9.17) is 4.74 Å². The molecule has 0 spiro atoms. The van der Waals surface area contributed by atoms with Crippen LogP contribution in [0.25, 0.3) is 10.8 Å². The summed E-state index contributed by atoms with van der Waals surface area (Å²) in [5.41, 5.74) is 0. The molecule has 0 aromatic heterocycles. The minimum absolute atomic E-state index is 0.891. The van der Waals surface area contributed by atoms with Gasteiger partial charge in [-0.3, -0.25) is 0 Å². The van der Waals surface area contributed by atoms with E-state index in [9.17, 15) is 0 Å². The first-order valence-electron chi connectivity index (χ1n) is 3.84. The summed E-state index contributed by atoms with van der Waals surface area (Å²) >= 11 is 0. The number of rotatable bonds is 1. The summed E-state index contributed by atoms with van der Waals surface area (Å²) in [7, 11) is 1.67. The average Bonchev–Trinajstić information content (AvgIpc) is 2.17. The lowest BCUT2D eigenvalue weighted by Crippen LogP contribution is -1.81. The van der Waals surface area contributed by atoms with Crippen LogP contribution in [0.15, 0.2) is 36.4 Å². The van der Waals surface area contributed by atoms with Crippen LogP contribution in [0.1, 0.15) is 0 Å². The molecule has 12 heavy (non-hydrogen) atoms. The van der Waals surface area contributed by atoms with Gasteiger partial charge in [0, 0.05) is 0 Å². The molecule has 0 atom stereocenters. The molecule has 2 aromatic carbocycles. The monoisotopic (exact) mass is 157 g/mol. The van der Waals surface area contributed by atoms with Crippen LogP contribution in [-0.4, -0.2) is 7.11 Å². The van der Waals surface area contributed by atoms with Crippen molar-refractivity contribution in [3.05, 3.63) is 42.5 Å². The standard InChI is InChI=1S/C11H9O/c1-12-11-7-6-9-4-2-3-5-10(9)8-11/h2-3,5-8H,1H3. The van der Waals surface area contributed by atoms with Crippen LogP contribution in [0.5, 0.6) is 5.75 Å². The normalized spacial score (nSPS) is 10.1.